The van der Waals surface area contributed by atoms with Gasteiger partial charge in [-0.25, -0.2) is 23.4 Å². The number of nitrogens with one attached hydrogen (secondary N) is 1. The van der Waals surface area contributed by atoms with Gasteiger partial charge in [-0.15, -0.1) is 0 Å². The third kappa shape index (κ3) is 5.58. The first-order valence-electron chi connectivity index (χ1n) is 11.4. The molecule has 1 aliphatic rings. The molecule has 2 aromatic carbocycles. The quantitative estimate of drug-likeness (QED) is 0.457. The van der Waals surface area contributed by atoms with Crippen LogP contribution in [0.4, 0.5) is 8.78 Å². The van der Waals surface area contributed by atoms with E-state index in [2.05, 4.69) is 20.4 Å². The average molecular weight is 475 g/mol. The third-order valence-electron chi connectivity index (χ3n) is 5.73. The third-order valence-corrected chi connectivity index (χ3v) is 5.73. The summed E-state index contributed by atoms with van der Waals surface area (Å²) >= 11 is 0. The lowest BCUT2D eigenvalue weighted by atomic mass is 10.1. The lowest BCUT2D eigenvalue weighted by Gasteiger charge is -2.23. The lowest BCUT2D eigenvalue weighted by Crippen LogP contribution is -2.37. The summed E-state index contributed by atoms with van der Waals surface area (Å²) in [7, 11) is 0. The Morgan fingerprint density at radius 3 is 2.54 bits per heavy atom. The van der Waals surface area contributed by atoms with Crippen LogP contribution in [0.5, 0.6) is 5.75 Å². The topological polar surface area (TPSA) is 81.9 Å². The molecule has 1 unspecified atom stereocenters. The maximum atomic E-state index is 13.6. The molecule has 0 amide bonds. The minimum atomic E-state index is -0.709. The Hall–Kier alpha value is -3.98. The molecule has 0 aliphatic carbocycles. The Labute approximate surface area is 200 Å². The summed E-state index contributed by atoms with van der Waals surface area (Å²) in [5, 5.41) is 7.62. The van der Waals surface area contributed by atoms with E-state index in [-0.39, 0.29) is 23.8 Å². The molecular weight excluding hydrogens is 452 g/mol. The van der Waals surface area contributed by atoms with E-state index in [1.807, 2.05) is 24.3 Å². The first-order valence-corrected chi connectivity index (χ1v) is 11.4. The van der Waals surface area contributed by atoms with Crippen molar-refractivity contribution >= 4 is 0 Å². The number of halogens is 2. The minimum absolute atomic E-state index is 0.118. The Morgan fingerprint density at radius 2 is 1.80 bits per heavy atom. The van der Waals surface area contributed by atoms with Gasteiger partial charge in [0.25, 0.3) is 5.56 Å². The molecule has 0 radical (unpaired) electrons. The van der Waals surface area contributed by atoms with E-state index in [0.29, 0.717) is 17.3 Å². The molecule has 1 N–H and O–H groups in total. The molecule has 4 aromatic rings. The van der Waals surface area contributed by atoms with Crippen molar-refractivity contribution in [3.05, 3.63) is 94.5 Å². The fourth-order valence-electron chi connectivity index (χ4n) is 4.04. The van der Waals surface area contributed by atoms with Crippen molar-refractivity contribution in [3.8, 4) is 28.4 Å². The van der Waals surface area contributed by atoms with Crippen molar-refractivity contribution in [1.29, 1.82) is 0 Å². The van der Waals surface area contributed by atoms with Gasteiger partial charge in [0, 0.05) is 29.8 Å². The van der Waals surface area contributed by atoms with Crippen LogP contribution in [0.3, 0.4) is 0 Å². The number of benzene rings is 2. The number of aromatic nitrogens is 4. The van der Waals surface area contributed by atoms with E-state index < -0.39 is 11.6 Å². The van der Waals surface area contributed by atoms with Crippen molar-refractivity contribution in [3.63, 3.8) is 0 Å². The van der Waals surface area contributed by atoms with Crippen LogP contribution in [0, 0.1) is 11.6 Å². The van der Waals surface area contributed by atoms with E-state index in [4.69, 9.17) is 4.74 Å². The monoisotopic (exact) mass is 475 g/mol. The normalized spacial score (nSPS) is 15.7. The van der Waals surface area contributed by atoms with Gasteiger partial charge in [0.05, 0.1) is 24.6 Å². The minimum Gasteiger partial charge on any atom is -0.486 e. The van der Waals surface area contributed by atoms with E-state index in [9.17, 15) is 13.6 Å². The zero-order chi connectivity index (χ0) is 24.2. The second-order valence-corrected chi connectivity index (χ2v) is 8.40. The van der Waals surface area contributed by atoms with E-state index >= 15 is 0 Å². The molecule has 9 heteroatoms. The van der Waals surface area contributed by atoms with Crippen LogP contribution in [0.25, 0.3) is 22.6 Å². The molecule has 178 valence electrons. The lowest BCUT2D eigenvalue weighted by molar-refractivity contribution is 0.166. The molecule has 7 nitrogen and oxygen atoms in total. The highest BCUT2D eigenvalue weighted by molar-refractivity contribution is 5.58. The largest absolute Gasteiger partial charge is 0.486 e. The summed E-state index contributed by atoms with van der Waals surface area (Å²) in [4.78, 5) is 21.3. The number of piperidine rings is 1. The van der Waals surface area contributed by atoms with Gasteiger partial charge in [0.1, 0.15) is 17.7 Å². The van der Waals surface area contributed by atoms with Gasteiger partial charge in [-0.1, -0.05) is 18.2 Å². The predicted molar refractivity (Wildman–Crippen MR) is 127 cm³/mol. The standard InChI is InChI=1S/C26H23F2N5O2/c27-20-10-19(11-21(28)12-20)24-6-7-25(34)33(32-24)16-17-3-1-4-18(9-17)26-30-14-23(15-31-26)35-22-5-2-8-29-13-22/h1,3-4,6-7,9-12,14-15,22,29H,2,5,8,13,16H2. The highest BCUT2D eigenvalue weighted by Crippen LogP contribution is 2.21. The molecule has 0 saturated carbocycles. The van der Waals surface area contributed by atoms with Crippen LogP contribution in [-0.2, 0) is 6.54 Å². The number of hydrogen-bond acceptors (Lipinski definition) is 6. The molecule has 5 rings (SSSR count). The van der Waals surface area contributed by atoms with Crippen LogP contribution >= 0.6 is 0 Å². The number of ether oxygens (including phenoxy) is 1. The molecule has 1 atom stereocenters. The summed E-state index contributed by atoms with van der Waals surface area (Å²) in [6.45, 7) is 2.00. The highest BCUT2D eigenvalue weighted by atomic mass is 19.1. The number of rotatable bonds is 6. The Bertz CT molecular complexity index is 1370. The van der Waals surface area contributed by atoms with Gasteiger partial charge < -0.3 is 10.1 Å². The van der Waals surface area contributed by atoms with Crippen molar-refractivity contribution in [2.45, 2.75) is 25.5 Å². The maximum absolute atomic E-state index is 13.6. The Morgan fingerprint density at radius 1 is 1.00 bits per heavy atom. The van der Waals surface area contributed by atoms with E-state index in [1.165, 1.54) is 28.9 Å². The smallest absolute Gasteiger partial charge is 0.267 e. The Kier molecular flexibility index (Phi) is 6.58. The predicted octanol–water partition coefficient (Wildman–Crippen LogP) is 3.82. The van der Waals surface area contributed by atoms with Gasteiger partial charge in [-0.2, -0.15) is 5.10 Å². The van der Waals surface area contributed by atoms with Crippen LogP contribution < -0.4 is 15.6 Å². The SMILES string of the molecule is O=c1ccc(-c2cc(F)cc(F)c2)nn1Cc1cccc(-c2ncc(OC3CCCNC3)cn2)c1. The fraction of sp³-hybridized carbons (Fsp3) is 0.231. The van der Waals surface area contributed by atoms with Crippen LogP contribution in [0.1, 0.15) is 18.4 Å². The van der Waals surface area contributed by atoms with Crippen molar-refractivity contribution < 1.29 is 13.5 Å². The van der Waals surface area contributed by atoms with Crippen molar-refractivity contribution in [2.24, 2.45) is 0 Å². The van der Waals surface area contributed by atoms with Gasteiger partial charge in [-0.3, -0.25) is 4.79 Å². The fourth-order valence-corrected chi connectivity index (χ4v) is 4.04. The molecule has 2 aromatic heterocycles. The molecule has 1 fully saturated rings. The molecule has 1 saturated heterocycles. The molecule has 3 heterocycles. The molecule has 1 aliphatic heterocycles. The summed E-state index contributed by atoms with van der Waals surface area (Å²) in [5.41, 5.74) is 1.81. The van der Waals surface area contributed by atoms with Gasteiger partial charge in [-0.05, 0) is 49.2 Å². The zero-order valence-electron chi connectivity index (χ0n) is 18.8. The average Bonchev–Trinajstić information content (AvgIpc) is 2.86. The summed E-state index contributed by atoms with van der Waals surface area (Å²) < 4.78 is 34.5. The zero-order valence-corrected chi connectivity index (χ0v) is 18.8. The second kappa shape index (κ2) is 10.1. The van der Waals surface area contributed by atoms with Crippen LogP contribution in [0.2, 0.25) is 0 Å². The van der Waals surface area contributed by atoms with Gasteiger partial charge >= 0.3 is 0 Å². The van der Waals surface area contributed by atoms with Crippen molar-refractivity contribution in [2.75, 3.05) is 13.1 Å². The molecule has 0 bridgehead atoms. The number of nitrogens with zero attached hydrogens (tertiary/aromatic N) is 4. The first kappa shape index (κ1) is 22.8. The first-order chi connectivity index (χ1) is 17.0. The highest BCUT2D eigenvalue weighted by Gasteiger charge is 2.15. The van der Waals surface area contributed by atoms with Crippen LogP contribution in [0.15, 0.2) is 71.8 Å². The maximum Gasteiger partial charge on any atom is 0.267 e. The Balaban J connectivity index is 1.34. The van der Waals surface area contributed by atoms with Crippen molar-refractivity contribution in [1.82, 2.24) is 25.1 Å². The summed E-state index contributed by atoms with van der Waals surface area (Å²) in [6.07, 6.45) is 5.52. The molecular formula is C26H23F2N5O2. The van der Waals surface area contributed by atoms with E-state index in [1.54, 1.807) is 12.4 Å². The second-order valence-electron chi connectivity index (χ2n) is 8.40. The summed E-state index contributed by atoms with van der Waals surface area (Å²) in [5.74, 6) is -0.261. The van der Waals surface area contributed by atoms with Gasteiger partial charge in [0.2, 0.25) is 0 Å². The molecule has 35 heavy (non-hydrogen) atoms. The summed E-state index contributed by atoms with van der Waals surface area (Å²) in [6, 6.07) is 13.4. The van der Waals surface area contributed by atoms with E-state index in [0.717, 1.165) is 43.1 Å². The number of hydrogen-bond donors (Lipinski definition) is 1. The molecule has 0 spiro atoms. The van der Waals surface area contributed by atoms with Gasteiger partial charge in [0.15, 0.2) is 11.6 Å². The van der Waals surface area contributed by atoms with Crippen LogP contribution in [-0.4, -0.2) is 38.9 Å².